The van der Waals surface area contributed by atoms with E-state index in [1.807, 2.05) is 13.0 Å². The minimum Gasteiger partial charge on any atom is -0.338 e. The van der Waals surface area contributed by atoms with Crippen LogP contribution in [0.5, 0.6) is 0 Å². The Bertz CT molecular complexity index is 527. The Morgan fingerprint density at radius 2 is 2.11 bits per heavy atom. The van der Waals surface area contributed by atoms with E-state index in [9.17, 15) is 4.39 Å². The van der Waals surface area contributed by atoms with Gasteiger partial charge in [-0.2, -0.15) is 4.98 Å². The maximum Gasteiger partial charge on any atom is 0.240 e. The molecular formula is C14H18FN3O. The monoisotopic (exact) mass is 263 g/mol. The molecule has 0 aliphatic heterocycles. The van der Waals surface area contributed by atoms with Crippen molar-refractivity contribution in [3.63, 3.8) is 0 Å². The zero-order valence-corrected chi connectivity index (χ0v) is 11.3. The Morgan fingerprint density at radius 1 is 1.26 bits per heavy atom. The van der Waals surface area contributed by atoms with Crippen LogP contribution in [0.4, 0.5) is 4.39 Å². The molecule has 0 bridgehead atoms. The molecule has 0 amide bonds. The molecule has 19 heavy (non-hydrogen) atoms. The fourth-order valence-corrected chi connectivity index (χ4v) is 1.86. The molecule has 0 fully saturated rings. The van der Waals surface area contributed by atoms with E-state index < -0.39 is 0 Å². The minimum absolute atomic E-state index is 0.209. The summed E-state index contributed by atoms with van der Waals surface area (Å²) in [6, 6.07) is 6.64. The van der Waals surface area contributed by atoms with Crippen LogP contribution in [0.25, 0.3) is 0 Å². The van der Waals surface area contributed by atoms with E-state index in [0.717, 1.165) is 24.4 Å². The predicted molar refractivity (Wildman–Crippen MR) is 69.9 cm³/mol. The van der Waals surface area contributed by atoms with Crippen LogP contribution in [0, 0.1) is 5.82 Å². The first-order chi connectivity index (χ1) is 9.21. The van der Waals surface area contributed by atoms with Crippen molar-refractivity contribution in [3.8, 4) is 0 Å². The Kier molecular flexibility index (Phi) is 4.63. The number of halogens is 1. The highest BCUT2D eigenvalue weighted by atomic mass is 19.1. The van der Waals surface area contributed by atoms with Gasteiger partial charge < -0.3 is 4.52 Å². The topological polar surface area (TPSA) is 42.2 Å². The van der Waals surface area contributed by atoms with Crippen molar-refractivity contribution in [1.82, 2.24) is 15.0 Å². The van der Waals surface area contributed by atoms with Crippen molar-refractivity contribution in [1.29, 1.82) is 0 Å². The van der Waals surface area contributed by atoms with Crippen LogP contribution in [0.3, 0.4) is 0 Å². The summed E-state index contributed by atoms with van der Waals surface area (Å²) < 4.78 is 18.3. The number of aryl methyl sites for hydroxylation is 1. The number of rotatable bonds is 6. The summed E-state index contributed by atoms with van der Waals surface area (Å²) in [5.41, 5.74) is 0.942. The van der Waals surface area contributed by atoms with Gasteiger partial charge >= 0.3 is 0 Å². The lowest BCUT2D eigenvalue weighted by Crippen LogP contribution is -2.22. The lowest BCUT2D eigenvalue weighted by Gasteiger charge is -2.18. The lowest BCUT2D eigenvalue weighted by atomic mass is 10.2. The van der Waals surface area contributed by atoms with Crippen LogP contribution < -0.4 is 0 Å². The molecule has 4 nitrogen and oxygen atoms in total. The van der Waals surface area contributed by atoms with Crippen molar-refractivity contribution >= 4 is 0 Å². The zero-order valence-electron chi connectivity index (χ0n) is 11.3. The number of aromatic nitrogens is 2. The van der Waals surface area contributed by atoms with Crippen molar-refractivity contribution in [3.05, 3.63) is 47.4 Å². The van der Waals surface area contributed by atoms with Gasteiger partial charge in [0.2, 0.25) is 5.89 Å². The molecule has 1 aromatic heterocycles. The summed E-state index contributed by atoms with van der Waals surface area (Å²) in [6.07, 6.45) is 0.763. The van der Waals surface area contributed by atoms with E-state index in [4.69, 9.17) is 4.52 Å². The predicted octanol–water partition coefficient (Wildman–Crippen LogP) is 2.79. The minimum atomic E-state index is -0.209. The molecule has 2 rings (SSSR count). The van der Waals surface area contributed by atoms with Crippen LogP contribution in [0.15, 0.2) is 28.8 Å². The molecule has 1 aromatic carbocycles. The Balaban J connectivity index is 2.00. The molecule has 5 heteroatoms. The molecule has 0 N–H and O–H groups in total. The van der Waals surface area contributed by atoms with Gasteiger partial charge in [-0.3, -0.25) is 4.90 Å². The quantitative estimate of drug-likeness (QED) is 0.803. The zero-order chi connectivity index (χ0) is 13.7. The Labute approximate surface area is 112 Å². The standard InChI is InChI=1S/C14H18FN3O/c1-3-13-16-14(19-17-13)10-18(4-2)9-11-6-5-7-12(15)8-11/h5-8H,3-4,9-10H2,1-2H3. The molecule has 0 aliphatic rings. The van der Waals surface area contributed by atoms with Crippen LogP contribution in [-0.2, 0) is 19.5 Å². The van der Waals surface area contributed by atoms with E-state index >= 15 is 0 Å². The molecule has 1 heterocycles. The van der Waals surface area contributed by atoms with Gasteiger partial charge in [0.05, 0.1) is 6.54 Å². The smallest absolute Gasteiger partial charge is 0.240 e. The van der Waals surface area contributed by atoms with E-state index in [1.165, 1.54) is 6.07 Å². The fourth-order valence-electron chi connectivity index (χ4n) is 1.86. The van der Waals surface area contributed by atoms with Crippen LogP contribution in [-0.4, -0.2) is 21.6 Å². The molecule has 0 saturated carbocycles. The van der Waals surface area contributed by atoms with E-state index in [1.54, 1.807) is 12.1 Å². The third kappa shape index (κ3) is 3.86. The van der Waals surface area contributed by atoms with E-state index in [2.05, 4.69) is 22.0 Å². The largest absolute Gasteiger partial charge is 0.338 e. The van der Waals surface area contributed by atoms with Crippen LogP contribution in [0.2, 0.25) is 0 Å². The first-order valence-electron chi connectivity index (χ1n) is 6.49. The Morgan fingerprint density at radius 3 is 2.74 bits per heavy atom. The van der Waals surface area contributed by atoms with Gasteiger partial charge in [0.15, 0.2) is 5.82 Å². The maximum atomic E-state index is 13.1. The molecule has 0 radical (unpaired) electrons. The van der Waals surface area contributed by atoms with Crippen molar-refractivity contribution < 1.29 is 8.91 Å². The fraction of sp³-hybridized carbons (Fsp3) is 0.429. The molecule has 2 aromatic rings. The van der Waals surface area contributed by atoms with E-state index in [0.29, 0.717) is 19.0 Å². The SMILES string of the molecule is CCc1noc(CN(CC)Cc2cccc(F)c2)n1. The number of hydrogen-bond donors (Lipinski definition) is 0. The third-order valence-corrected chi connectivity index (χ3v) is 2.93. The molecule has 0 saturated heterocycles. The van der Waals surface area contributed by atoms with Gasteiger partial charge in [-0.15, -0.1) is 0 Å². The molecular weight excluding hydrogens is 245 g/mol. The second kappa shape index (κ2) is 6.43. The van der Waals surface area contributed by atoms with Crippen LogP contribution in [0.1, 0.15) is 31.1 Å². The van der Waals surface area contributed by atoms with E-state index in [-0.39, 0.29) is 5.82 Å². The van der Waals surface area contributed by atoms with Gasteiger partial charge in [-0.25, -0.2) is 4.39 Å². The molecule has 0 unspecified atom stereocenters. The summed E-state index contributed by atoms with van der Waals surface area (Å²) in [6.45, 7) is 6.12. The van der Waals surface area contributed by atoms with Gasteiger partial charge in [0.1, 0.15) is 5.82 Å². The second-order valence-corrected chi connectivity index (χ2v) is 4.39. The first-order valence-corrected chi connectivity index (χ1v) is 6.49. The normalized spacial score (nSPS) is 11.2. The van der Waals surface area contributed by atoms with Crippen molar-refractivity contribution in [2.24, 2.45) is 0 Å². The summed E-state index contributed by atoms with van der Waals surface area (Å²) >= 11 is 0. The number of nitrogens with zero attached hydrogens (tertiary/aromatic N) is 3. The number of benzene rings is 1. The third-order valence-electron chi connectivity index (χ3n) is 2.93. The van der Waals surface area contributed by atoms with Gasteiger partial charge in [0, 0.05) is 13.0 Å². The van der Waals surface area contributed by atoms with Crippen molar-refractivity contribution in [2.45, 2.75) is 33.4 Å². The summed E-state index contributed by atoms with van der Waals surface area (Å²) in [7, 11) is 0. The summed E-state index contributed by atoms with van der Waals surface area (Å²) in [5.74, 6) is 1.12. The van der Waals surface area contributed by atoms with Gasteiger partial charge in [-0.05, 0) is 24.2 Å². The first kappa shape index (κ1) is 13.7. The average molecular weight is 263 g/mol. The lowest BCUT2D eigenvalue weighted by molar-refractivity contribution is 0.228. The van der Waals surface area contributed by atoms with Gasteiger partial charge in [-0.1, -0.05) is 31.1 Å². The maximum absolute atomic E-state index is 13.1. The highest BCUT2D eigenvalue weighted by molar-refractivity contribution is 5.16. The highest BCUT2D eigenvalue weighted by Crippen LogP contribution is 2.10. The molecule has 0 spiro atoms. The highest BCUT2D eigenvalue weighted by Gasteiger charge is 2.11. The summed E-state index contributed by atoms with van der Waals surface area (Å²) in [5, 5.41) is 3.87. The Hall–Kier alpha value is -1.75. The van der Waals surface area contributed by atoms with Gasteiger partial charge in [0.25, 0.3) is 0 Å². The molecule has 0 atom stereocenters. The molecule has 102 valence electrons. The van der Waals surface area contributed by atoms with Crippen LogP contribution >= 0.6 is 0 Å². The second-order valence-electron chi connectivity index (χ2n) is 4.39. The average Bonchev–Trinajstić information content (AvgIpc) is 2.85. The van der Waals surface area contributed by atoms with Crippen molar-refractivity contribution in [2.75, 3.05) is 6.54 Å². The summed E-state index contributed by atoms with van der Waals surface area (Å²) in [4.78, 5) is 6.41. The molecule has 0 aliphatic carbocycles. The number of hydrogen-bond acceptors (Lipinski definition) is 4.